The second kappa shape index (κ2) is 6.15. The average Bonchev–Trinajstić information content (AvgIpc) is 2.34. The number of ether oxygens (including phenoxy) is 1. The first-order valence-corrected chi connectivity index (χ1v) is 6.65. The van der Waals surface area contributed by atoms with Crippen molar-refractivity contribution in [3.05, 3.63) is 52.5 Å². The molecule has 0 saturated heterocycles. The van der Waals surface area contributed by atoms with Crippen LogP contribution in [-0.2, 0) is 0 Å². The van der Waals surface area contributed by atoms with Crippen LogP contribution in [0.4, 0.5) is 14.5 Å². The van der Waals surface area contributed by atoms with Crippen molar-refractivity contribution in [2.45, 2.75) is 0 Å². The highest BCUT2D eigenvalue weighted by Gasteiger charge is 2.09. The first-order chi connectivity index (χ1) is 9.45. The molecule has 0 aromatic heterocycles. The summed E-state index contributed by atoms with van der Waals surface area (Å²) < 4.78 is 32.2. The summed E-state index contributed by atoms with van der Waals surface area (Å²) >= 11 is 8.01. The largest absolute Gasteiger partial charge is 0.453 e. The highest BCUT2D eigenvalue weighted by molar-refractivity contribution is 9.10. The molecule has 0 aliphatic rings. The monoisotopic (exact) mass is 358 g/mol. The van der Waals surface area contributed by atoms with Crippen LogP contribution in [0.5, 0.6) is 11.5 Å². The molecule has 0 saturated carbocycles. The summed E-state index contributed by atoms with van der Waals surface area (Å²) in [6.45, 7) is 0. The first kappa shape index (κ1) is 14.7. The molecule has 7 heteroatoms. The molecule has 104 valence electrons. The molecule has 0 atom stereocenters. The Morgan fingerprint density at radius 1 is 1.15 bits per heavy atom. The molecule has 2 rings (SSSR count). The van der Waals surface area contributed by atoms with E-state index in [2.05, 4.69) is 21.2 Å². The van der Waals surface area contributed by atoms with Gasteiger partial charge in [0.25, 0.3) is 0 Å². The van der Waals surface area contributed by atoms with Crippen LogP contribution in [0.3, 0.4) is 0 Å². The predicted molar refractivity (Wildman–Crippen MR) is 81.0 cm³/mol. The molecule has 2 aromatic carbocycles. The van der Waals surface area contributed by atoms with Crippen LogP contribution in [0.2, 0.25) is 0 Å². The third-order valence-electron chi connectivity index (χ3n) is 2.31. The topological polar surface area (TPSA) is 47.3 Å². The molecule has 2 aromatic rings. The maximum Gasteiger partial charge on any atom is 0.168 e. The number of nitrogens with two attached hydrogens (primary N) is 1. The van der Waals surface area contributed by atoms with Gasteiger partial charge in [-0.05, 0) is 58.5 Å². The lowest BCUT2D eigenvalue weighted by Gasteiger charge is -2.10. The van der Waals surface area contributed by atoms with Gasteiger partial charge >= 0.3 is 0 Å². The minimum Gasteiger partial charge on any atom is -0.453 e. The Labute approximate surface area is 127 Å². The SMILES string of the molecule is NC(=S)Nc1ccc(Oc2ccc(F)cc2F)c(Br)c1. The Morgan fingerprint density at radius 3 is 2.45 bits per heavy atom. The molecule has 3 nitrogen and oxygen atoms in total. The zero-order valence-corrected chi connectivity index (χ0v) is 12.4. The molecular weight excluding hydrogens is 350 g/mol. The van der Waals surface area contributed by atoms with Crippen molar-refractivity contribution in [1.29, 1.82) is 0 Å². The fourth-order valence-corrected chi connectivity index (χ4v) is 2.06. The van der Waals surface area contributed by atoms with E-state index in [0.717, 1.165) is 12.1 Å². The molecular formula is C13H9BrF2N2OS. The number of halogens is 3. The fraction of sp³-hybridized carbons (Fsp3) is 0. The van der Waals surface area contributed by atoms with Crippen molar-refractivity contribution in [3.63, 3.8) is 0 Å². The zero-order chi connectivity index (χ0) is 14.7. The van der Waals surface area contributed by atoms with Crippen LogP contribution >= 0.6 is 28.1 Å². The van der Waals surface area contributed by atoms with E-state index in [-0.39, 0.29) is 10.9 Å². The van der Waals surface area contributed by atoms with E-state index in [0.29, 0.717) is 15.9 Å². The van der Waals surface area contributed by atoms with E-state index in [1.54, 1.807) is 18.2 Å². The van der Waals surface area contributed by atoms with Crippen LogP contribution in [0.15, 0.2) is 40.9 Å². The highest BCUT2D eigenvalue weighted by Crippen LogP contribution is 2.33. The lowest BCUT2D eigenvalue weighted by atomic mass is 10.3. The van der Waals surface area contributed by atoms with Gasteiger partial charge in [0, 0.05) is 11.8 Å². The van der Waals surface area contributed by atoms with Crippen LogP contribution in [-0.4, -0.2) is 5.11 Å². The maximum atomic E-state index is 13.5. The molecule has 0 amide bonds. The third-order valence-corrected chi connectivity index (χ3v) is 3.04. The number of hydrogen-bond acceptors (Lipinski definition) is 2. The van der Waals surface area contributed by atoms with Gasteiger partial charge in [-0.2, -0.15) is 0 Å². The number of thiocarbonyl (C=S) groups is 1. The molecule has 0 radical (unpaired) electrons. The second-order valence-corrected chi connectivity index (χ2v) is 5.11. The minimum atomic E-state index is -0.776. The smallest absolute Gasteiger partial charge is 0.168 e. The second-order valence-electron chi connectivity index (χ2n) is 3.81. The van der Waals surface area contributed by atoms with E-state index < -0.39 is 11.6 Å². The predicted octanol–water partition coefficient (Wildman–Crippen LogP) is 4.18. The Bertz CT molecular complexity index is 667. The van der Waals surface area contributed by atoms with Crippen molar-refractivity contribution < 1.29 is 13.5 Å². The maximum absolute atomic E-state index is 13.5. The quantitative estimate of drug-likeness (QED) is 0.808. The van der Waals surface area contributed by atoms with Crippen molar-refractivity contribution in [2.75, 3.05) is 5.32 Å². The molecule has 3 N–H and O–H groups in total. The van der Waals surface area contributed by atoms with E-state index in [1.807, 2.05) is 0 Å². The summed E-state index contributed by atoms with van der Waals surface area (Å²) in [5.41, 5.74) is 6.02. The van der Waals surface area contributed by atoms with E-state index >= 15 is 0 Å². The molecule has 0 unspecified atom stereocenters. The van der Waals surface area contributed by atoms with Crippen molar-refractivity contribution in [1.82, 2.24) is 0 Å². The molecule has 0 spiro atoms. The molecule has 0 aliphatic carbocycles. The molecule has 0 bridgehead atoms. The molecule has 0 heterocycles. The van der Waals surface area contributed by atoms with Gasteiger partial charge in [0.15, 0.2) is 16.7 Å². The number of nitrogens with one attached hydrogen (secondary N) is 1. The Morgan fingerprint density at radius 2 is 1.85 bits per heavy atom. The lowest BCUT2D eigenvalue weighted by molar-refractivity contribution is 0.435. The Kier molecular flexibility index (Phi) is 4.51. The first-order valence-electron chi connectivity index (χ1n) is 5.44. The van der Waals surface area contributed by atoms with Gasteiger partial charge in [0.05, 0.1) is 4.47 Å². The summed E-state index contributed by atoms with van der Waals surface area (Å²) in [6.07, 6.45) is 0. The summed E-state index contributed by atoms with van der Waals surface area (Å²) in [7, 11) is 0. The number of anilines is 1. The van der Waals surface area contributed by atoms with Crippen molar-refractivity contribution in [2.24, 2.45) is 5.73 Å². The van der Waals surface area contributed by atoms with Crippen molar-refractivity contribution >= 4 is 38.9 Å². The summed E-state index contributed by atoms with van der Waals surface area (Å²) in [5.74, 6) is -1.13. The van der Waals surface area contributed by atoms with Gasteiger partial charge in [-0.1, -0.05) is 0 Å². The summed E-state index contributed by atoms with van der Waals surface area (Å²) in [6, 6.07) is 8.05. The lowest BCUT2D eigenvalue weighted by Crippen LogP contribution is -2.18. The molecule has 20 heavy (non-hydrogen) atoms. The average molecular weight is 359 g/mol. The Balaban J connectivity index is 2.23. The molecule has 0 fully saturated rings. The van der Waals surface area contributed by atoms with Gasteiger partial charge in [-0.15, -0.1) is 0 Å². The van der Waals surface area contributed by atoms with Gasteiger partial charge in [-0.3, -0.25) is 0 Å². The van der Waals surface area contributed by atoms with Crippen LogP contribution in [0.1, 0.15) is 0 Å². The highest BCUT2D eigenvalue weighted by atomic mass is 79.9. The minimum absolute atomic E-state index is 0.0674. The third kappa shape index (κ3) is 3.64. The van der Waals surface area contributed by atoms with Gasteiger partial charge in [0.1, 0.15) is 11.6 Å². The fourth-order valence-electron chi connectivity index (χ4n) is 1.48. The molecule has 0 aliphatic heterocycles. The Hall–Kier alpha value is -1.73. The summed E-state index contributed by atoms with van der Waals surface area (Å²) in [4.78, 5) is 0. The normalized spacial score (nSPS) is 10.2. The number of benzene rings is 2. The van der Waals surface area contributed by atoms with Crippen LogP contribution in [0.25, 0.3) is 0 Å². The van der Waals surface area contributed by atoms with Gasteiger partial charge < -0.3 is 15.8 Å². The summed E-state index contributed by atoms with van der Waals surface area (Å²) in [5, 5.41) is 2.89. The number of rotatable bonds is 3. The zero-order valence-electron chi connectivity index (χ0n) is 9.99. The van der Waals surface area contributed by atoms with Crippen LogP contribution in [0, 0.1) is 11.6 Å². The van der Waals surface area contributed by atoms with Crippen LogP contribution < -0.4 is 15.8 Å². The van der Waals surface area contributed by atoms with E-state index in [9.17, 15) is 8.78 Å². The van der Waals surface area contributed by atoms with E-state index in [4.69, 9.17) is 22.7 Å². The van der Waals surface area contributed by atoms with Crippen molar-refractivity contribution in [3.8, 4) is 11.5 Å². The standard InChI is InChI=1S/C13H9BrF2N2OS/c14-9-6-8(18-13(17)20)2-4-11(9)19-12-3-1-7(15)5-10(12)16/h1-6H,(H3,17,18,20). The number of hydrogen-bond donors (Lipinski definition) is 2. The van der Waals surface area contributed by atoms with Gasteiger partial charge in [0.2, 0.25) is 0 Å². The van der Waals surface area contributed by atoms with Gasteiger partial charge in [-0.25, -0.2) is 8.78 Å². The van der Waals surface area contributed by atoms with E-state index in [1.165, 1.54) is 6.07 Å².